The van der Waals surface area contributed by atoms with E-state index in [1.807, 2.05) is 72.7 Å². The second kappa shape index (κ2) is 16.9. The Morgan fingerprint density at radius 1 is 0.672 bits per heavy atom. The van der Waals surface area contributed by atoms with E-state index >= 15 is 0 Å². The van der Waals surface area contributed by atoms with Gasteiger partial charge in [-0.15, -0.1) is 0 Å². The highest BCUT2D eigenvalue weighted by Crippen LogP contribution is 2.45. The number of aromatic nitrogens is 2. The molecule has 2 aliphatic heterocycles. The predicted octanol–water partition coefficient (Wildman–Crippen LogP) is 9.90. The van der Waals surface area contributed by atoms with E-state index in [4.69, 9.17) is 46.9 Å². The molecule has 5 aromatic carbocycles. The minimum absolute atomic E-state index is 0.00571. The van der Waals surface area contributed by atoms with Gasteiger partial charge in [-0.2, -0.15) is 0 Å². The normalized spacial score (nSPS) is 13.8. The van der Waals surface area contributed by atoms with E-state index in [2.05, 4.69) is 36.6 Å². The summed E-state index contributed by atoms with van der Waals surface area (Å²) < 4.78 is 60.9. The summed E-state index contributed by atoms with van der Waals surface area (Å²) in [6.45, 7) is 2.03. The molecule has 0 spiro atoms. The standard InChI is InChI=1S/C25H20BrClN2O5S.C19H15BrClNO4/c1-14-3-6-16(7-4-14)35(31,32)28-25(30)24(18-10-22-23(11-20(18)27)34-13-33-22)19-12-29(2)21-9-15(26)5-8-17(19)21;1-22-8-13(11-4-3-10(20)5-15(11)22)18(19(23)24-2)12-6-16-17(7-14(12)21)26-9-25-16/h3-12,24H,13H2,1-2H3,(H,28,30);3-8,18H,9H2,1-2H3. The first kappa shape index (κ1) is 42.5. The smallest absolute Gasteiger partial charge is 0.317 e. The van der Waals surface area contributed by atoms with Crippen LogP contribution in [0.3, 0.4) is 0 Å². The molecule has 61 heavy (non-hydrogen) atoms. The van der Waals surface area contributed by atoms with Crippen LogP contribution < -0.4 is 23.7 Å². The lowest BCUT2D eigenvalue weighted by atomic mass is 9.90. The minimum atomic E-state index is -4.13. The molecule has 0 saturated heterocycles. The zero-order valence-electron chi connectivity index (χ0n) is 32.8. The highest BCUT2D eigenvalue weighted by atomic mass is 79.9. The van der Waals surface area contributed by atoms with Crippen molar-refractivity contribution in [2.45, 2.75) is 23.7 Å². The number of hydrogen-bond acceptors (Lipinski definition) is 9. The van der Waals surface area contributed by atoms with Crippen molar-refractivity contribution in [3.05, 3.63) is 144 Å². The van der Waals surface area contributed by atoms with Crippen LogP contribution in [0.25, 0.3) is 21.8 Å². The van der Waals surface area contributed by atoms with Gasteiger partial charge >= 0.3 is 5.97 Å². The number of rotatable bonds is 8. The van der Waals surface area contributed by atoms with E-state index in [-0.39, 0.29) is 29.5 Å². The molecule has 12 nitrogen and oxygen atoms in total. The Morgan fingerprint density at radius 3 is 1.59 bits per heavy atom. The summed E-state index contributed by atoms with van der Waals surface area (Å²) in [6.07, 6.45) is 3.74. The first-order valence-electron chi connectivity index (χ1n) is 18.5. The van der Waals surface area contributed by atoms with Crippen molar-refractivity contribution >= 4 is 98.8 Å². The Bertz CT molecular complexity index is 3010. The number of esters is 1. The Hall–Kier alpha value is -5.19. The molecule has 314 valence electrons. The second-order valence-electron chi connectivity index (χ2n) is 14.3. The average Bonchev–Trinajstić information content (AvgIpc) is 4.01. The summed E-state index contributed by atoms with van der Waals surface area (Å²) in [4.78, 5) is 26.4. The Balaban J connectivity index is 0.000000176. The molecule has 9 rings (SSSR count). The molecule has 1 amide bonds. The third-order valence-electron chi connectivity index (χ3n) is 10.5. The summed E-state index contributed by atoms with van der Waals surface area (Å²) in [5, 5.41) is 2.44. The summed E-state index contributed by atoms with van der Waals surface area (Å²) in [5.74, 6) is -0.791. The average molecular weight is 1010 g/mol. The first-order chi connectivity index (χ1) is 29.1. The molecule has 7 aromatic rings. The fraction of sp³-hybridized carbons (Fsp3) is 0.182. The first-order valence-corrected chi connectivity index (χ1v) is 22.3. The van der Waals surface area contributed by atoms with Crippen LogP contribution in [0, 0.1) is 6.92 Å². The van der Waals surface area contributed by atoms with Gasteiger partial charge in [0.1, 0.15) is 5.92 Å². The molecule has 0 bridgehead atoms. The molecular weight excluding hydrogens is 977 g/mol. The van der Waals surface area contributed by atoms with Crippen molar-refractivity contribution in [3.8, 4) is 23.0 Å². The van der Waals surface area contributed by atoms with Crippen LogP contribution in [-0.2, 0) is 38.4 Å². The zero-order chi connectivity index (χ0) is 43.3. The maximum Gasteiger partial charge on any atom is 0.317 e. The van der Waals surface area contributed by atoms with E-state index in [0.29, 0.717) is 44.7 Å². The van der Waals surface area contributed by atoms with Crippen LogP contribution in [0.15, 0.2) is 111 Å². The van der Waals surface area contributed by atoms with Gasteiger partial charge in [0.05, 0.1) is 17.9 Å². The SMILES string of the molecule is COC(=O)C(c1cc2c(cc1Cl)OCO2)c1cn(C)c2cc(Br)ccc12.Cc1ccc(S(=O)(=O)NC(=O)C(c2cc3c(cc2Cl)OCO3)c2cn(C)c3cc(Br)ccc23)cc1. The summed E-state index contributed by atoms with van der Waals surface area (Å²) in [5.41, 5.74) is 5.23. The van der Waals surface area contributed by atoms with Crippen LogP contribution in [0.4, 0.5) is 0 Å². The van der Waals surface area contributed by atoms with Gasteiger partial charge in [-0.05, 0) is 77.7 Å². The zero-order valence-corrected chi connectivity index (χ0v) is 38.3. The van der Waals surface area contributed by atoms with Gasteiger partial charge < -0.3 is 32.8 Å². The number of nitrogens with one attached hydrogen (secondary N) is 1. The van der Waals surface area contributed by atoms with Gasteiger partial charge in [-0.25, -0.2) is 13.1 Å². The molecule has 2 atom stereocenters. The predicted molar refractivity (Wildman–Crippen MR) is 239 cm³/mol. The van der Waals surface area contributed by atoms with E-state index in [1.54, 1.807) is 42.6 Å². The van der Waals surface area contributed by atoms with Crippen molar-refractivity contribution in [1.29, 1.82) is 0 Å². The van der Waals surface area contributed by atoms with Gasteiger partial charge in [0.15, 0.2) is 23.0 Å². The molecular formula is C44H35Br2Cl2N3O9S. The molecule has 0 fully saturated rings. The third kappa shape index (κ3) is 8.29. The van der Waals surface area contributed by atoms with Crippen LogP contribution >= 0.6 is 55.1 Å². The van der Waals surface area contributed by atoms with Crippen molar-refractivity contribution in [2.75, 3.05) is 20.7 Å². The number of ether oxygens (including phenoxy) is 5. The van der Waals surface area contributed by atoms with Crippen molar-refractivity contribution in [2.24, 2.45) is 14.1 Å². The fourth-order valence-corrected chi connectivity index (χ4v) is 9.72. The lowest BCUT2D eigenvalue weighted by Gasteiger charge is -2.19. The van der Waals surface area contributed by atoms with E-state index in [0.717, 1.165) is 41.9 Å². The van der Waals surface area contributed by atoms with Gasteiger partial charge in [-0.1, -0.05) is 84.9 Å². The maximum absolute atomic E-state index is 13.7. The number of aryl methyl sites for hydroxylation is 3. The third-order valence-corrected chi connectivity index (χ3v) is 13.5. The topological polar surface area (TPSA) is 136 Å². The van der Waals surface area contributed by atoms with E-state index in [9.17, 15) is 18.0 Å². The number of sulfonamides is 1. The number of benzene rings is 5. The number of halogens is 4. The fourth-order valence-electron chi connectivity index (χ4n) is 7.50. The Morgan fingerprint density at radius 2 is 1.11 bits per heavy atom. The van der Waals surface area contributed by atoms with Crippen LogP contribution in [0.2, 0.25) is 10.0 Å². The van der Waals surface area contributed by atoms with Gasteiger partial charge in [0.2, 0.25) is 19.5 Å². The van der Waals surface area contributed by atoms with E-state index < -0.39 is 27.8 Å². The number of hydrogen-bond donors (Lipinski definition) is 1. The van der Waals surface area contributed by atoms with Crippen molar-refractivity contribution in [3.63, 3.8) is 0 Å². The highest BCUT2D eigenvalue weighted by molar-refractivity contribution is 9.10. The molecule has 4 heterocycles. The number of nitrogens with zero attached hydrogens (tertiary/aromatic N) is 2. The quantitative estimate of drug-likeness (QED) is 0.148. The van der Waals surface area contributed by atoms with Crippen LogP contribution in [0.1, 0.15) is 39.7 Å². The van der Waals surface area contributed by atoms with Crippen LogP contribution in [0.5, 0.6) is 23.0 Å². The number of carbonyl (C=O) groups is 2. The maximum atomic E-state index is 13.7. The van der Waals surface area contributed by atoms with Crippen molar-refractivity contribution in [1.82, 2.24) is 13.9 Å². The second-order valence-corrected chi connectivity index (χ2v) is 18.7. The Labute approximate surface area is 377 Å². The summed E-state index contributed by atoms with van der Waals surface area (Å²) in [7, 11) is 1.04. The van der Waals surface area contributed by atoms with Gasteiger partial charge in [0, 0.05) is 79.4 Å². The number of carbonyl (C=O) groups excluding carboxylic acids is 2. The summed E-state index contributed by atoms with van der Waals surface area (Å²) >= 11 is 20.1. The van der Waals surface area contributed by atoms with E-state index in [1.165, 1.54) is 19.2 Å². The minimum Gasteiger partial charge on any atom is -0.468 e. The van der Waals surface area contributed by atoms with Gasteiger partial charge in [-0.3, -0.25) is 9.59 Å². The summed E-state index contributed by atoms with van der Waals surface area (Å²) in [6, 6.07) is 24.5. The number of amides is 1. The van der Waals surface area contributed by atoms with Crippen molar-refractivity contribution < 1.29 is 41.7 Å². The monoisotopic (exact) mass is 1010 g/mol. The largest absolute Gasteiger partial charge is 0.468 e. The van der Waals surface area contributed by atoms with Gasteiger partial charge in [0.25, 0.3) is 10.0 Å². The number of methoxy groups -OCH3 is 1. The lowest BCUT2D eigenvalue weighted by Crippen LogP contribution is -2.35. The molecule has 1 N–H and O–H groups in total. The lowest BCUT2D eigenvalue weighted by molar-refractivity contribution is -0.141. The molecule has 0 radical (unpaired) electrons. The highest BCUT2D eigenvalue weighted by Gasteiger charge is 2.34. The molecule has 2 aromatic heterocycles. The molecule has 0 saturated carbocycles. The molecule has 0 aliphatic carbocycles. The molecule has 2 unspecified atom stereocenters. The Kier molecular flexibility index (Phi) is 11.8. The number of fused-ring (bicyclic) bond motifs is 4. The molecule has 17 heteroatoms. The van der Waals surface area contributed by atoms with Crippen LogP contribution in [-0.4, -0.2) is 50.1 Å². The molecule has 2 aliphatic rings.